The molecule has 0 saturated carbocycles. The van der Waals surface area contributed by atoms with Crippen LogP contribution in [0.25, 0.3) is 0 Å². The van der Waals surface area contributed by atoms with Crippen LogP contribution in [0.3, 0.4) is 0 Å². The van der Waals surface area contributed by atoms with Gasteiger partial charge in [-0.15, -0.1) is 10.2 Å². The van der Waals surface area contributed by atoms with E-state index in [1.54, 1.807) is 0 Å². The van der Waals surface area contributed by atoms with Crippen molar-refractivity contribution >= 4 is 23.3 Å². The third-order valence-corrected chi connectivity index (χ3v) is 4.98. The van der Waals surface area contributed by atoms with Gasteiger partial charge in [-0.1, -0.05) is 66.7 Å². The number of benzene rings is 2. The topological polar surface area (TPSA) is 85.8 Å². The quantitative estimate of drug-likeness (QED) is 0.514. The van der Waals surface area contributed by atoms with Crippen molar-refractivity contribution in [1.82, 2.24) is 14.9 Å². The predicted octanol–water partition coefficient (Wildman–Crippen LogP) is 3.26. The molecule has 3 N–H and O–H groups in total. The van der Waals surface area contributed by atoms with Crippen molar-refractivity contribution in [2.75, 3.05) is 11.2 Å². The predicted molar refractivity (Wildman–Crippen MR) is 106 cm³/mol. The highest BCUT2D eigenvalue weighted by Crippen LogP contribution is 2.21. The lowest BCUT2D eigenvalue weighted by atomic mass is 10.1. The Kier molecular flexibility index (Phi) is 5.58. The van der Waals surface area contributed by atoms with Gasteiger partial charge in [0.05, 0.1) is 0 Å². The summed E-state index contributed by atoms with van der Waals surface area (Å²) in [5.74, 6) is 6.73. The number of thioether (sulfide) groups is 1. The highest BCUT2D eigenvalue weighted by Gasteiger charge is 2.12. The number of nitrogens with one attached hydrogen (secondary N) is 1. The molecule has 2 aromatic carbocycles. The minimum atomic E-state index is -0.405. The molecule has 0 aliphatic carbocycles. The fraction of sp³-hybridized carbons (Fsp3) is 0.211. The van der Waals surface area contributed by atoms with Crippen LogP contribution in [0.4, 0.5) is 11.5 Å². The molecule has 1 heterocycles. The average molecular weight is 367 g/mol. The number of rotatable bonds is 6. The number of nitrogens with two attached hydrogens (primary N) is 1. The van der Waals surface area contributed by atoms with E-state index in [4.69, 9.17) is 5.84 Å². The lowest BCUT2D eigenvalue weighted by Gasteiger charge is -2.11. The summed E-state index contributed by atoms with van der Waals surface area (Å²) in [6.07, 6.45) is 0.845. The SMILES string of the molecule is CCc1ccccc1Nc1nnc(SCc2cccc(C)c2)n(N)c1=O. The summed E-state index contributed by atoms with van der Waals surface area (Å²) in [5.41, 5.74) is 3.85. The molecule has 0 unspecified atom stereocenters. The fourth-order valence-corrected chi connectivity index (χ4v) is 3.39. The number of hydrogen-bond acceptors (Lipinski definition) is 6. The maximum Gasteiger partial charge on any atom is 0.315 e. The lowest BCUT2D eigenvalue weighted by Crippen LogP contribution is -2.32. The number of anilines is 2. The molecule has 3 rings (SSSR count). The summed E-state index contributed by atoms with van der Waals surface area (Å²) >= 11 is 1.38. The van der Waals surface area contributed by atoms with E-state index in [1.165, 1.54) is 17.3 Å². The first-order valence-electron chi connectivity index (χ1n) is 8.36. The molecule has 0 aliphatic rings. The van der Waals surface area contributed by atoms with Crippen molar-refractivity contribution in [3.8, 4) is 0 Å². The molecule has 0 atom stereocenters. The molecule has 0 bridgehead atoms. The maximum absolute atomic E-state index is 12.5. The number of para-hydroxylation sites is 1. The smallest absolute Gasteiger partial charge is 0.315 e. The molecule has 26 heavy (non-hydrogen) atoms. The van der Waals surface area contributed by atoms with Crippen LogP contribution >= 0.6 is 11.8 Å². The lowest BCUT2D eigenvalue weighted by molar-refractivity contribution is 0.704. The van der Waals surface area contributed by atoms with E-state index in [1.807, 2.05) is 49.4 Å². The summed E-state index contributed by atoms with van der Waals surface area (Å²) in [4.78, 5) is 12.5. The average Bonchev–Trinajstić information content (AvgIpc) is 2.65. The molecule has 0 radical (unpaired) electrons. The van der Waals surface area contributed by atoms with Gasteiger partial charge in [-0.05, 0) is 30.5 Å². The highest BCUT2D eigenvalue weighted by molar-refractivity contribution is 7.98. The highest BCUT2D eigenvalue weighted by atomic mass is 32.2. The molecule has 0 fully saturated rings. The standard InChI is InChI=1S/C19H21N5OS/c1-3-15-9-4-5-10-16(15)21-17-18(25)24(20)19(23-22-17)26-12-14-8-6-7-13(2)11-14/h4-11H,3,12,20H2,1-2H3,(H,21,22). The zero-order chi connectivity index (χ0) is 18.5. The molecule has 3 aromatic rings. The van der Waals surface area contributed by atoms with Crippen molar-refractivity contribution < 1.29 is 0 Å². The first-order chi connectivity index (χ1) is 12.6. The first kappa shape index (κ1) is 18.0. The van der Waals surface area contributed by atoms with Gasteiger partial charge in [0.2, 0.25) is 11.0 Å². The van der Waals surface area contributed by atoms with Crippen LogP contribution < -0.4 is 16.7 Å². The minimum Gasteiger partial charge on any atom is -0.334 e. The summed E-state index contributed by atoms with van der Waals surface area (Å²) in [7, 11) is 0. The maximum atomic E-state index is 12.5. The number of hydrogen-bond donors (Lipinski definition) is 2. The number of nitrogens with zero attached hydrogens (tertiary/aromatic N) is 3. The van der Waals surface area contributed by atoms with Crippen LogP contribution in [0.5, 0.6) is 0 Å². The molecule has 7 heteroatoms. The summed E-state index contributed by atoms with van der Waals surface area (Å²) in [6.45, 7) is 4.10. The largest absolute Gasteiger partial charge is 0.334 e. The van der Waals surface area contributed by atoms with E-state index < -0.39 is 5.56 Å². The molecule has 134 valence electrons. The van der Waals surface area contributed by atoms with E-state index >= 15 is 0 Å². The zero-order valence-electron chi connectivity index (χ0n) is 14.8. The Morgan fingerprint density at radius 2 is 1.96 bits per heavy atom. The fourth-order valence-electron chi connectivity index (χ4n) is 2.59. The molecule has 0 aliphatic heterocycles. The van der Waals surface area contributed by atoms with E-state index in [0.717, 1.165) is 27.9 Å². The van der Waals surface area contributed by atoms with Gasteiger partial charge in [0.25, 0.3) is 0 Å². The van der Waals surface area contributed by atoms with Gasteiger partial charge in [0, 0.05) is 11.4 Å². The van der Waals surface area contributed by atoms with E-state index in [9.17, 15) is 4.79 Å². The Bertz CT molecular complexity index is 970. The van der Waals surface area contributed by atoms with Crippen molar-refractivity contribution in [1.29, 1.82) is 0 Å². The van der Waals surface area contributed by atoms with Gasteiger partial charge < -0.3 is 11.2 Å². The number of nitrogen functional groups attached to an aromatic ring is 1. The third-order valence-electron chi connectivity index (χ3n) is 3.96. The van der Waals surface area contributed by atoms with Crippen molar-refractivity contribution in [2.45, 2.75) is 31.2 Å². The molecular formula is C19H21N5OS. The van der Waals surface area contributed by atoms with Crippen LogP contribution in [0, 0.1) is 6.92 Å². The van der Waals surface area contributed by atoms with E-state index in [-0.39, 0.29) is 5.82 Å². The third kappa shape index (κ3) is 4.05. The van der Waals surface area contributed by atoms with Gasteiger partial charge in [0.15, 0.2) is 0 Å². The second-order valence-corrected chi connectivity index (χ2v) is 6.86. The summed E-state index contributed by atoms with van der Waals surface area (Å²) in [5, 5.41) is 11.6. The van der Waals surface area contributed by atoms with Crippen LogP contribution in [-0.4, -0.2) is 14.9 Å². The van der Waals surface area contributed by atoms with E-state index in [2.05, 4.69) is 28.5 Å². The summed E-state index contributed by atoms with van der Waals surface area (Å²) in [6, 6.07) is 15.9. The monoisotopic (exact) mass is 367 g/mol. The molecule has 1 aromatic heterocycles. The van der Waals surface area contributed by atoms with Gasteiger partial charge in [0.1, 0.15) is 0 Å². The molecule has 0 spiro atoms. The molecule has 0 amide bonds. The second kappa shape index (κ2) is 8.05. The Hall–Kier alpha value is -2.80. The van der Waals surface area contributed by atoms with Crippen molar-refractivity contribution in [3.63, 3.8) is 0 Å². The zero-order valence-corrected chi connectivity index (χ0v) is 15.6. The summed E-state index contributed by atoms with van der Waals surface area (Å²) < 4.78 is 1.05. The Balaban J connectivity index is 1.79. The van der Waals surface area contributed by atoms with E-state index in [0.29, 0.717) is 10.9 Å². The molecule has 6 nitrogen and oxygen atoms in total. The Morgan fingerprint density at radius 3 is 2.73 bits per heavy atom. The molecule has 0 saturated heterocycles. The normalized spacial score (nSPS) is 10.7. The minimum absolute atomic E-state index is 0.119. The van der Waals surface area contributed by atoms with Crippen molar-refractivity contribution in [3.05, 3.63) is 75.6 Å². The Morgan fingerprint density at radius 1 is 1.15 bits per heavy atom. The van der Waals surface area contributed by atoms with Crippen LogP contribution in [-0.2, 0) is 12.2 Å². The van der Waals surface area contributed by atoms with Gasteiger partial charge in [-0.25, -0.2) is 0 Å². The number of aromatic nitrogens is 3. The van der Waals surface area contributed by atoms with Gasteiger partial charge in [-0.3, -0.25) is 4.79 Å². The Labute approximate surface area is 156 Å². The number of aryl methyl sites for hydroxylation is 2. The van der Waals surface area contributed by atoms with Crippen molar-refractivity contribution in [2.24, 2.45) is 0 Å². The van der Waals surface area contributed by atoms with Crippen LogP contribution in [0.2, 0.25) is 0 Å². The second-order valence-electron chi connectivity index (χ2n) is 5.92. The van der Waals surface area contributed by atoms with Crippen LogP contribution in [0.15, 0.2) is 58.5 Å². The van der Waals surface area contributed by atoms with Crippen LogP contribution in [0.1, 0.15) is 23.6 Å². The van der Waals surface area contributed by atoms with Gasteiger partial charge >= 0.3 is 5.56 Å². The van der Waals surface area contributed by atoms with Gasteiger partial charge in [-0.2, -0.15) is 4.68 Å². The first-order valence-corrected chi connectivity index (χ1v) is 9.35. The molecular weight excluding hydrogens is 346 g/mol.